The van der Waals surface area contributed by atoms with Gasteiger partial charge in [0.1, 0.15) is 10.7 Å². The van der Waals surface area contributed by atoms with Crippen LogP contribution in [0.4, 0.5) is 0 Å². The van der Waals surface area contributed by atoms with Gasteiger partial charge in [-0.2, -0.15) is 0 Å². The predicted molar refractivity (Wildman–Crippen MR) is 112 cm³/mol. The van der Waals surface area contributed by atoms with Crippen molar-refractivity contribution in [3.63, 3.8) is 0 Å². The van der Waals surface area contributed by atoms with Gasteiger partial charge >= 0.3 is 0 Å². The summed E-state index contributed by atoms with van der Waals surface area (Å²) in [6, 6.07) is 5.96. The number of ether oxygens (including phenoxy) is 2. The molecule has 0 saturated carbocycles. The molecule has 0 unspecified atom stereocenters. The van der Waals surface area contributed by atoms with E-state index in [1.54, 1.807) is 25.6 Å². The average Bonchev–Trinajstić information content (AvgIpc) is 2.98. The third-order valence-electron chi connectivity index (χ3n) is 4.99. The van der Waals surface area contributed by atoms with Crippen molar-refractivity contribution in [2.45, 2.75) is 34.2 Å². The molecule has 27 heavy (non-hydrogen) atoms. The summed E-state index contributed by atoms with van der Waals surface area (Å²) in [7, 11) is 3.30. The lowest BCUT2D eigenvalue weighted by Gasteiger charge is -2.17. The molecule has 0 aliphatic heterocycles. The number of rotatable bonds is 7. The monoisotopic (exact) mass is 385 g/mol. The fraction of sp³-hybridized carbons (Fsp3) is 0.429. The van der Waals surface area contributed by atoms with Crippen molar-refractivity contribution < 1.29 is 9.47 Å². The highest BCUT2D eigenvalue weighted by molar-refractivity contribution is 7.18. The van der Waals surface area contributed by atoms with Crippen LogP contribution in [0.2, 0.25) is 0 Å². The Bertz CT molecular complexity index is 948. The molecule has 0 atom stereocenters. The molecule has 0 amide bonds. The van der Waals surface area contributed by atoms with Crippen LogP contribution in [0.15, 0.2) is 18.2 Å². The molecule has 0 radical (unpaired) electrons. The minimum Gasteiger partial charge on any atom is -0.493 e. The van der Waals surface area contributed by atoms with Gasteiger partial charge in [-0.3, -0.25) is 4.90 Å². The fourth-order valence-corrected chi connectivity index (χ4v) is 4.25. The smallest absolute Gasteiger partial charge is 0.161 e. The second kappa shape index (κ2) is 8.23. The second-order valence-electron chi connectivity index (χ2n) is 6.48. The van der Waals surface area contributed by atoms with E-state index >= 15 is 0 Å². The van der Waals surface area contributed by atoms with Crippen molar-refractivity contribution in [2.75, 3.05) is 27.3 Å². The van der Waals surface area contributed by atoms with Gasteiger partial charge in [-0.15, -0.1) is 11.3 Å². The van der Waals surface area contributed by atoms with Crippen LogP contribution < -0.4 is 9.47 Å². The minimum absolute atomic E-state index is 0.705. The van der Waals surface area contributed by atoms with Crippen molar-refractivity contribution in [3.8, 4) is 22.8 Å². The highest BCUT2D eigenvalue weighted by Crippen LogP contribution is 2.38. The number of nitrogens with zero attached hydrogens (tertiary/aromatic N) is 3. The summed E-state index contributed by atoms with van der Waals surface area (Å²) in [4.78, 5) is 14.5. The number of thiophene rings is 1. The van der Waals surface area contributed by atoms with Gasteiger partial charge in [0.05, 0.1) is 26.5 Å². The summed E-state index contributed by atoms with van der Waals surface area (Å²) in [5.74, 6) is 2.28. The third-order valence-corrected chi connectivity index (χ3v) is 6.09. The number of methoxy groups -OCH3 is 2. The maximum Gasteiger partial charge on any atom is 0.161 e. The summed E-state index contributed by atoms with van der Waals surface area (Å²) < 4.78 is 10.9. The molecule has 3 rings (SSSR count). The minimum atomic E-state index is 0.705. The standard InChI is InChI=1S/C21H27N3O2S/c1-7-24(8-2)12-18-22-20(19-13(3)14(4)27-21(19)23-18)15-9-10-16(25-5)17(11-15)26-6/h9-11H,7-8,12H2,1-6H3. The summed E-state index contributed by atoms with van der Waals surface area (Å²) in [5.41, 5.74) is 3.22. The first-order valence-electron chi connectivity index (χ1n) is 9.23. The topological polar surface area (TPSA) is 47.5 Å². The maximum atomic E-state index is 5.50. The number of aromatic nitrogens is 2. The van der Waals surface area contributed by atoms with Gasteiger partial charge in [0.2, 0.25) is 0 Å². The van der Waals surface area contributed by atoms with Crippen LogP contribution in [-0.2, 0) is 6.54 Å². The fourth-order valence-electron chi connectivity index (χ4n) is 3.20. The van der Waals surface area contributed by atoms with Gasteiger partial charge in [-0.25, -0.2) is 9.97 Å². The normalized spacial score (nSPS) is 11.4. The predicted octanol–water partition coefficient (Wildman–Crippen LogP) is 4.83. The Kier molecular flexibility index (Phi) is 5.97. The summed E-state index contributed by atoms with van der Waals surface area (Å²) >= 11 is 1.74. The lowest BCUT2D eigenvalue weighted by molar-refractivity contribution is 0.289. The van der Waals surface area contributed by atoms with Crippen LogP contribution in [0.3, 0.4) is 0 Å². The Morgan fingerprint density at radius 3 is 2.33 bits per heavy atom. The zero-order valence-electron chi connectivity index (χ0n) is 16.9. The Labute approximate surface area is 165 Å². The molecule has 0 bridgehead atoms. The van der Waals surface area contributed by atoms with E-state index in [4.69, 9.17) is 19.4 Å². The first-order chi connectivity index (χ1) is 13.0. The third kappa shape index (κ3) is 3.77. The molecule has 0 saturated heterocycles. The zero-order chi connectivity index (χ0) is 19.6. The summed E-state index contributed by atoms with van der Waals surface area (Å²) in [6.45, 7) is 11.3. The van der Waals surface area contributed by atoms with Crippen LogP contribution in [0, 0.1) is 13.8 Å². The molecule has 1 aromatic carbocycles. The molecule has 5 nitrogen and oxygen atoms in total. The molecule has 0 spiro atoms. The van der Waals surface area contributed by atoms with E-state index in [0.29, 0.717) is 11.5 Å². The van der Waals surface area contributed by atoms with Gasteiger partial charge in [-0.05, 0) is 50.7 Å². The van der Waals surface area contributed by atoms with Crippen LogP contribution >= 0.6 is 11.3 Å². The Morgan fingerprint density at radius 2 is 1.70 bits per heavy atom. The SMILES string of the molecule is CCN(CC)Cc1nc(-c2ccc(OC)c(OC)c2)c2c(C)c(C)sc2n1. The molecular weight excluding hydrogens is 358 g/mol. The van der Waals surface area contributed by atoms with Crippen LogP contribution in [0.25, 0.3) is 21.5 Å². The lowest BCUT2D eigenvalue weighted by atomic mass is 10.0. The molecule has 2 aromatic heterocycles. The van der Waals surface area contributed by atoms with Gasteiger partial charge < -0.3 is 9.47 Å². The van der Waals surface area contributed by atoms with Crippen LogP contribution in [0.1, 0.15) is 30.1 Å². The summed E-state index contributed by atoms with van der Waals surface area (Å²) in [5, 5.41) is 1.13. The van der Waals surface area contributed by atoms with Gasteiger partial charge in [-0.1, -0.05) is 13.8 Å². The van der Waals surface area contributed by atoms with Crippen molar-refractivity contribution in [2.24, 2.45) is 0 Å². The van der Waals surface area contributed by atoms with Crippen molar-refractivity contribution in [1.82, 2.24) is 14.9 Å². The molecule has 0 aliphatic carbocycles. The highest BCUT2D eigenvalue weighted by Gasteiger charge is 2.18. The van der Waals surface area contributed by atoms with Gasteiger partial charge in [0.15, 0.2) is 11.5 Å². The average molecular weight is 386 g/mol. The van der Waals surface area contributed by atoms with Crippen molar-refractivity contribution in [1.29, 1.82) is 0 Å². The Balaban J connectivity index is 2.20. The molecule has 0 aliphatic rings. The van der Waals surface area contributed by atoms with E-state index in [1.165, 1.54) is 10.4 Å². The van der Waals surface area contributed by atoms with Gasteiger partial charge in [0, 0.05) is 15.8 Å². The second-order valence-corrected chi connectivity index (χ2v) is 7.69. The van der Waals surface area contributed by atoms with E-state index in [0.717, 1.165) is 46.9 Å². The first kappa shape index (κ1) is 19.6. The zero-order valence-corrected chi connectivity index (χ0v) is 17.7. The number of aryl methyl sites for hydroxylation is 2. The molecule has 144 valence electrons. The van der Waals surface area contributed by atoms with Crippen molar-refractivity contribution in [3.05, 3.63) is 34.5 Å². The lowest BCUT2D eigenvalue weighted by Crippen LogP contribution is -2.23. The maximum absolute atomic E-state index is 5.50. The van der Waals surface area contributed by atoms with Crippen molar-refractivity contribution >= 4 is 21.6 Å². The molecular formula is C21H27N3O2S. The largest absolute Gasteiger partial charge is 0.493 e. The first-order valence-corrected chi connectivity index (χ1v) is 10.0. The molecule has 2 heterocycles. The molecule has 3 aromatic rings. The van der Waals surface area contributed by atoms with E-state index in [-0.39, 0.29) is 0 Å². The highest BCUT2D eigenvalue weighted by atomic mass is 32.1. The van der Waals surface area contributed by atoms with Crippen LogP contribution in [0.5, 0.6) is 11.5 Å². The number of hydrogen-bond acceptors (Lipinski definition) is 6. The van der Waals surface area contributed by atoms with E-state index < -0.39 is 0 Å². The van der Waals surface area contributed by atoms with Gasteiger partial charge in [0.25, 0.3) is 0 Å². The summed E-state index contributed by atoms with van der Waals surface area (Å²) in [6.07, 6.45) is 0. The van der Waals surface area contributed by atoms with Crippen LogP contribution in [-0.4, -0.2) is 42.2 Å². The Hall–Kier alpha value is -2.18. The molecule has 6 heteroatoms. The number of fused-ring (bicyclic) bond motifs is 1. The quantitative estimate of drug-likeness (QED) is 0.583. The number of benzene rings is 1. The van der Waals surface area contributed by atoms with E-state index in [1.807, 2.05) is 18.2 Å². The molecule has 0 N–H and O–H groups in total. The van der Waals surface area contributed by atoms with E-state index in [9.17, 15) is 0 Å². The Morgan fingerprint density at radius 1 is 1.00 bits per heavy atom. The van der Waals surface area contributed by atoms with E-state index in [2.05, 4.69) is 32.6 Å². The number of hydrogen-bond donors (Lipinski definition) is 0. The molecule has 0 fully saturated rings.